The van der Waals surface area contributed by atoms with Crippen LogP contribution in [0.1, 0.15) is 104 Å². The molecule has 2 heterocycles. The van der Waals surface area contributed by atoms with E-state index in [9.17, 15) is 9.59 Å². The average Bonchev–Trinajstić information content (AvgIpc) is 3.90. The Morgan fingerprint density at radius 1 is 0.515 bits per heavy atom. The molecule has 0 saturated carbocycles. The molecule has 0 spiro atoms. The minimum absolute atomic E-state index is 0.0991. The second-order valence-electron chi connectivity index (χ2n) is 17.7. The Bertz CT molecular complexity index is 2460. The van der Waals surface area contributed by atoms with Gasteiger partial charge in [0.25, 0.3) is 0 Å². The first-order valence-corrected chi connectivity index (χ1v) is 25.3. The summed E-state index contributed by atoms with van der Waals surface area (Å²) in [7, 11) is 0.559. The second kappa shape index (κ2) is 22.8. The van der Waals surface area contributed by atoms with Crippen LogP contribution < -0.4 is 18.9 Å². The van der Waals surface area contributed by atoms with Crippen molar-refractivity contribution in [2.75, 3.05) is 27.4 Å². The third-order valence-corrected chi connectivity index (χ3v) is 18.6. The summed E-state index contributed by atoms with van der Waals surface area (Å²) in [5, 5.41) is 0. The van der Waals surface area contributed by atoms with Crippen LogP contribution in [0.3, 0.4) is 0 Å². The molecule has 6 rings (SSSR count). The normalized spacial score (nSPS) is 11.5. The smallest absolute Gasteiger partial charge is 0.355 e. The van der Waals surface area contributed by atoms with Crippen molar-refractivity contribution in [3.05, 3.63) is 121 Å². The Morgan fingerprint density at radius 2 is 0.894 bits per heavy atom. The van der Waals surface area contributed by atoms with Crippen molar-refractivity contribution in [2.24, 2.45) is 0 Å². The fourth-order valence-electron chi connectivity index (χ4n) is 9.41. The number of esters is 2. The van der Waals surface area contributed by atoms with E-state index in [-0.39, 0.29) is 18.2 Å². The van der Waals surface area contributed by atoms with Gasteiger partial charge in [0, 0.05) is 34.6 Å². The average molecular weight is 915 g/mol. The van der Waals surface area contributed by atoms with Gasteiger partial charge in [-0.15, -0.1) is 0 Å². The highest BCUT2D eigenvalue weighted by molar-refractivity contribution is 6.82. The number of hydrogen-bond acceptors (Lipinski definition) is 8. The van der Waals surface area contributed by atoms with Crippen LogP contribution in [-0.4, -0.2) is 69.0 Å². The lowest BCUT2D eigenvalue weighted by Gasteiger charge is -2.44. The molecule has 0 bridgehead atoms. The number of hydrogen-bond donors (Lipinski definition) is 1. The van der Waals surface area contributed by atoms with E-state index in [1.807, 2.05) is 133 Å². The van der Waals surface area contributed by atoms with Crippen molar-refractivity contribution in [3.8, 4) is 67.5 Å². The van der Waals surface area contributed by atoms with Crippen molar-refractivity contribution in [3.63, 3.8) is 0 Å². The van der Waals surface area contributed by atoms with Crippen molar-refractivity contribution < 1.29 is 38.0 Å². The molecule has 10 nitrogen and oxygen atoms in total. The van der Waals surface area contributed by atoms with Crippen LogP contribution >= 0.6 is 0 Å². The van der Waals surface area contributed by atoms with Crippen LogP contribution in [0.4, 0.5) is 0 Å². The van der Waals surface area contributed by atoms with Crippen molar-refractivity contribution in [2.45, 2.75) is 112 Å². The van der Waals surface area contributed by atoms with E-state index >= 15 is 0 Å². The van der Waals surface area contributed by atoms with Gasteiger partial charge in [-0.25, -0.2) is 9.59 Å². The highest BCUT2D eigenvalue weighted by Crippen LogP contribution is 2.48. The maximum Gasteiger partial charge on any atom is 0.355 e. The summed E-state index contributed by atoms with van der Waals surface area (Å²) < 4.78 is 35.6. The van der Waals surface area contributed by atoms with Gasteiger partial charge in [0.1, 0.15) is 34.4 Å². The van der Waals surface area contributed by atoms with Gasteiger partial charge < -0.3 is 37.6 Å². The Morgan fingerprint density at radius 3 is 1.27 bits per heavy atom. The second-order valence-corrected chi connectivity index (χ2v) is 23.4. The van der Waals surface area contributed by atoms with E-state index in [4.69, 9.17) is 28.4 Å². The van der Waals surface area contributed by atoms with E-state index in [0.717, 1.165) is 67.5 Å². The Hall–Kier alpha value is -6.20. The molecule has 0 aliphatic rings. The number of benzene rings is 4. The predicted octanol–water partition coefficient (Wildman–Crippen LogP) is 14.1. The van der Waals surface area contributed by atoms with Crippen molar-refractivity contribution in [1.82, 2.24) is 9.22 Å². The first kappa shape index (κ1) is 50.8. The van der Waals surface area contributed by atoms with Gasteiger partial charge in [-0.2, -0.15) is 0 Å². The molecule has 11 heteroatoms. The Balaban J connectivity index is 0.000000259. The zero-order valence-electron chi connectivity index (χ0n) is 41.4. The van der Waals surface area contributed by atoms with Crippen LogP contribution in [0.2, 0.25) is 16.6 Å². The molecule has 0 aliphatic carbocycles. The number of ether oxygens (including phenoxy) is 6. The van der Waals surface area contributed by atoms with Crippen molar-refractivity contribution >= 4 is 20.2 Å². The molecule has 6 aromatic rings. The maximum atomic E-state index is 13.7. The molecular weight excluding hydrogens is 845 g/mol. The quantitative estimate of drug-likeness (QED) is 0.0670. The van der Waals surface area contributed by atoms with Crippen LogP contribution in [0.25, 0.3) is 44.5 Å². The maximum absolute atomic E-state index is 13.7. The van der Waals surface area contributed by atoms with Gasteiger partial charge in [0.15, 0.2) is 8.24 Å². The summed E-state index contributed by atoms with van der Waals surface area (Å²) in [4.78, 5) is 29.0. The molecule has 0 amide bonds. The summed E-state index contributed by atoms with van der Waals surface area (Å²) >= 11 is 0. The third-order valence-electron chi connectivity index (χ3n) is 11.8. The largest absolute Gasteiger partial charge is 0.494 e. The summed E-state index contributed by atoms with van der Waals surface area (Å²) in [6.07, 6.45) is 4.27. The molecule has 1 N–H and O–H groups in total. The molecule has 0 saturated heterocycles. The van der Waals surface area contributed by atoms with E-state index in [2.05, 4.69) is 69.1 Å². The first-order chi connectivity index (χ1) is 31.5. The lowest BCUT2D eigenvalue weighted by atomic mass is 9.96. The molecule has 352 valence electrons. The highest BCUT2D eigenvalue weighted by atomic mass is 28.3. The number of aromatic amines is 1. The predicted molar refractivity (Wildman–Crippen MR) is 270 cm³/mol. The highest BCUT2D eigenvalue weighted by Gasteiger charge is 2.48. The van der Waals surface area contributed by atoms with Gasteiger partial charge in [-0.1, -0.05) is 90.1 Å². The van der Waals surface area contributed by atoms with E-state index in [0.29, 0.717) is 41.2 Å². The number of methoxy groups -OCH3 is 2. The summed E-state index contributed by atoms with van der Waals surface area (Å²) in [5.41, 5.74) is 9.78. The number of H-pyrrole nitrogens is 1. The standard InChI is InChI=1S/C32H45NO4Si.C23H25NO4/c1-11-36-27-16-14-26(15-17-27)30-29(25-12-18-28(19-13-25)37-21(2)3)20-33(31(30)32(34)35-10)38(22(4)5,23(6)7)24(8)9;1-5-27-18-10-8-17(9-11-18)21-20(14-24-22(21)23(25)26-4)16-6-12-19(13-7-16)28-15(2)3/h12-24H,11H2,1-10H3;6-15,24H,5H2,1-4H3. The molecule has 66 heavy (non-hydrogen) atoms. The van der Waals surface area contributed by atoms with Gasteiger partial charge in [0.05, 0.1) is 39.6 Å². The van der Waals surface area contributed by atoms with Gasteiger partial charge >= 0.3 is 11.9 Å². The summed E-state index contributed by atoms with van der Waals surface area (Å²) in [6.45, 7) is 27.0. The van der Waals surface area contributed by atoms with Crippen LogP contribution in [0.5, 0.6) is 23.0 Å². The number of carbonyl (C=O) groups excluding carboxylic acids is 2. The number of aromatic nitrogens is 2. The molecule has 4 aromatic carbocycles. The lowest BCUT2D eigenvalue weighted by molar-refractivity contribution is 0.0585. The minimum Gasteiger partial charge on any atom is -0.494 e. The minimum atomic E-state index is -2.29. The van der Waals surface area contributed by atoms with E-state index in [1.165, 1.54) is 14.2 Å². The Labute approximate surface area is 393 Å². The molecule has 0 atom stereocenters. The number of nitrogens with zero attached hydrogens (tertiary/aromatic N) is 1. The first-order valence-electron chi connectivity index (χ1n) is 23.2. The van der Waals surface area contributed by atoms with Gasteiger partial charge in [0.2, 0.25) is 0 Å². The molecule has 0 radical (unpaired) electrons. The number of carbonyl (C=O) groups is 2. The Kier molecular flexibility index (Phi) is 17.6. The number of rotatable bonds is 18. The molecular formula is C55H70N2O8Si. The van der Waals surface area contributed by atoms with Crippen LogP contribution in [-0.2, 0) is 9.47 Å². The number of nitrogens with one attached hydrogen (secondary N) is 1. The topological polar surface area (TPSA) is 110 Å². The zero-order valence-corrected chi connectivity index (χ0v) is 42.4. The zero-order chi connectivity index (χ0) is 48.3. The summed E-state index contributed by atoms with van der Waals surface area (Å²) in [6, 6.07) is 31.7. The van der Waals surface area contributed by atoms with E-state index < -0.39 is 14.2 Å². The summed E-state index contributed by atoms with van der Waals surface area (Å²) in [5.74, 6) is 2.52. The fraction of sp³-hybridized carbons (Fsp3) is 0.382. The SMILES string of the molecule is CCOc1ccc(-c2c(-c3ccc(OC(C)C)cc3)c[nH]c2C(=O)OC)cc1.CCOc1ccc(-c2c(-c3ccc(OC(C)C)cc3)cn([Si](C(C)C)(C(C)C)C(C)C)c2C(=O)OC)cc1. The van der Waals surface area contributed by atoms with E-state index in [1.54, 1.807) is 0 Å². The molecule has 0 unspecified atom stereocenters. The lowest BCUT2D eigenvalue weighted by Crippen LogP contribution is -2.52. The molecule has 0 aliphatic heterocycles. The molecule has 0 fully saturated rings. The van der Waals surface area contributed by atoms with Crippen LogP contribution in [0, 0.1) is 0 Å². The fourth-order valence-corrected chi connectivity index (χ4v) is 16.0. The van der Waals surface area contributed by atoms with Gasteiger partial charge in [-0.05, 0) is 129 Å². The van der Waals surface area contributed by atoms with Gasteiger partial charge in [-0.3, -0.25) is 0 Å². The van der Waals surface area contributed by atoms with Crippen LogP contribution in [0.15, 0.2) is 109 Å². The van der Waals surface area contributed by atoms with Crippen molar-refractivity contribution in [1.29, 1.82) is 0 Å². The monoisotopic (exact) mass is 914 g/mol. The third kappa shape index (κ3) is 11.2. The molecule has 2 aromatic heterocycles.